The van der Waals surface area contributed by atoms with Gasteiger partial charge in [-0.3, -0.25) is 9.59 Å². The van der Waals surface area contributed by atoms with Crippen LogP contribution in [0.3, 0.4) is 0 Å². The maximum absolute atomic E-state index is 12.9. The number of hydrogen-bond donors (Lipinski definition) is 1. The van der Waals surface area contributed by atoms with E-state index in [4.69, 9.17) is 11.6 Å². The molecule has 5 heteroatoms. The number of halogens is 1. The summed E-state index contributed by atoms with van der Waals surface area (Å²) in [6.45, 7) is 4.51. The third kappa shape index (κ3) is 3.83. The van der Waals surface area contributed by atoms with E-state index in [-0.39, 0.29) is 11.3 Å². The predicted octanol–water partition coefficient (Wildman–Crippen LogP) is 5.26. The van der Waals surface area contributed by atoms with Crippen molar-refractivity contribution in [2.45, 2.75) is 39.2 Å². The number of ketones is 1. The average molecular weight is 398 g/mol. The number of unbranched alkanes of at least 4 members (excludes halogenated alkanes) is 2. The highest BCUT2D eigenvalue weighted by atomic mass is 35.5. The number of Topliss-reactive ketones (excluding diaryl/α,β-unsaturated/α-hetero) is 1. The molecule has 0 radical (unpaired) electrons. The molecule has 0 spiro atoms. The van der Waals surface area contributed by atoms with Gasteiger partial charge in [0.2, 0.25) is 0 Å². The van der Waals surface area contributed by atoms with Gasteiger partial charge in [0.25, 0.3) is 11.7 Å². The minimum Gasteiger partial charge on any atom is -0.507 e. The Kier molecular flexibility index (Phi) is 6.20. The lowest BCUT2D eigenvalue weighted by molar-refractivity contribution is -0.139. The number of carbonyl (C=O) groups excluding carboxylic acids is 2. The molecule has 1 amide bonds. The Hall–Kier alpha value is -2.59. The molecule has 0 saturated carbocycles. The maximum Gasteiger partial charge on any atom is 0.295 e. The highest BCUT2D eigenvalue weighted by Crippen LogP contribution is 2.40. The molecule has 1 saturated heterocycles. The van der Waals surface area contributed by atoms with Crippen molar-refractivity contribution < 1.29 is 14.7 Å². The standard InChI is InChI=1S/C23H24ClNO3/c1-3-4-7-13-25-20(18-12-6-5-9-15(18)2)19(22(27)23(25)28)21(26)16-10-8-11-17(24)14-16/h5-6,8-12,14,20,26H,3-4,7,13H2,1-2H3/b21-19+. The summed E-state index contributed by atoms with van der Waals surface area (Å²) >= 11 is 6.06. The molecule has 0 bridgehead atoms. The molecule has 0 aromatic heterocycles. The van der Waals surface area contributed by atoms with Crippen molar-refractivity contribution in [3.05, 3.63) is 75.8 Å². The monoisotopic (exact) mass is 397 g/mol. The van der Waals surface area contributed by atoms with Crippen LogP contribution in [0.5, 0.6) is 0 Å². The highest BCUT2D eigenvalue weighted by molar-refractivity contribution is 6.46. The molecular weight excluding hydrogens is 374 g/mol. The van der Waals surface area contributed by atoms with Gasteiger partial charge < -0.3 is 10.0 Å². The summed E-state index contributed by atoms with van der Waals surface area (Å²) in [4.78, 5) is 27.3. The van der Waals surface area contributed by atoms with Gasteiger partial charge in [0.05, 0.1) is 11.6 Å². The van der Waals surface area contributed by atoms with Crippen molar-refractivity contribution in [3.8, 4) is 0 Å². The molecular formula is C23H24ClNO3. The summed E-state index contributed by atoms with van der Waals surface area (Å²) in [5.41, 5.74) is 2.37. The van der Waals surface area contributed by atoms with E-state index < -0.39 is 17.7 Å². The van der Waals surface area contributed by atoms with Crippen LogP contribution in [0.4, 0.5) is 0 Å². The number of aryl methyl sites for hydroxylation is 1. The van der Waals surface area contributed by atoms with Crippen molar-refractivity contribution in [1.29, 1.82) is 0 Å². The van der Waals surface area contributed by atoms with Crippen molar-refractivity contribution >= 4 is 29.1 Å². The summed E-state index contributed by atoms with van der Waals surface area (Å²) in [7, 11) is 0. The van der Waals surface area contributed by atoms with Gasteiger partial charge >= 0.3 is 0 Å². The normalized spacial score (nSPS) is 18.7. The van der Waals surface area contributed by atoms with Gasteiger partial charge in [-0.25, -0.2) is 0 Å². The Morgan fingerprint density at radius 1 is 1.11 bits per heavy atom. The topological polar surface area (TPSA) is 57.6 Å². The lowest BCUT2D eigenvalue weighted by atomic mass is 9.92. The first-order valence-electron chi connectivity index (χ1n) is 9.55. The van der Waals surface area contributed by atoms with Gasteiger partial charge in [0.1, 0.15) is 5.76 Å². The van der Waals surface area contributed by atoms with Crippen LogP contribution in [0, 0.1) is 6.92 Å². The van der Waals surface area contributed by atoms with Crippen LogP contribution in [0.25, 0.3) is 5.76 Å². The van der Waals surface area contributed by atoms with E-state index in [0.717, 1.165) is 30.4 Å². The van der Waals surface area contributed by atoms with Gasteiger partial charge in [-0.05, 0) is 36.6 Å². The molecule has 1 N–H and O–H groups in total. The van der Waals surface area contributed by atoms with Crippen LogP contribution >= 0.6 is 11.6 Å². The molecule has 3 rings (SSSR count). The number of carbonyl (C=O) groups is 2. The second-order valence-corrected chi connectivity index (χ2v) is 7.50. The fourth-order valence-corrected chi connectivity index (χ4v) is 3.84. The van der Waals surface area contributed by atoms with E-state index in [1.807, 2.05) is 31.2 Å². The first-order chi connectivity index (χ1) is 13.5. The molecule has 146 valence electrons. The Morgan fingerprint density at radius 2 is 1.86 bits per heavy atom. The second-order valence-electron chi connectivity index (χ2n) is 7.07. The molecule has 2 aromatic rings. The predicted molar refractivity (Wildman–Crippen MR) is 111 cm³/mol. The van der Waals surface area contributed by atoms with Gasteiger partial charge in [0.15, 0.2) is 0 Å². The largest absolute Gasteiger partial charge is 0.507 e. The smallest absolute Gasteiger partial charge is 0.295 e. The summed E-state index contributed by atoms with van der Waals surface area (Å²) < 4.78 is 0. The van der Waals surface area contributed by atoms with Crippen LogP contribution in [-0.2, 0) is 9.59 Å². The Balaban J connectivity index is 2.15. The Morgan fingerprint density at radius 3 is 2.54 bits per heavy atom. The number of hydrogen-bond acceptors (Lipinski definition) is 3. The number of likely N-dealkylation sites (tertiary alicyclic amines) is 1. The van der Waals surface area contributed by atoms with Crippen LogP contribution in [0.15, 0.2) is 54.1 Å². The molecule has 1 unspecified atom stereocenters. The number of amides is 1. The fourth-order valence-electron chi connectivity index (χ4n) is 3.65. The Labute approximate surface area is 170 Å². The van der Waals surface area contributed by atoms with Crippen molar-refractivity contribution in [2.75, 3.05) is 6.54 Å². The minimum atomic E-state index is -0.651. The molecule has 1 aliphatic rings. The average Bonchev–Trinajstić information content (AvgIpc) is 2.93. The minimum absolute atomic E-state index is 0.123. The molecule has 1 fully saturated rings. The van der Waals surface area contributed by atoms with E-state index in [9.17, 15) is 14.7 Å². The summed E-state index contributed by atoms with van der Waals surface area (Å²) in [5, 5.41) is 11.4. The molecule has 28 heavy (non-hydrogen) atoms. The van der Waals surface area contributed by atoms with Crippen LogP contribution in [0.2, 0.25) is 5.02 Å². The van der Waals surface area contributed by atoms with E-state index in [2.05, 4.69) is 6.92 Å². The third-order valence-electron chi connectivity index (χ3n) is 5.12. The SMILES string of the molecule is CCCCCN1C(=O)C(=O)/C(=C(/O)c2cccc(Cl)c2)C1c1ccccc1C. The van der Waals surface area contributed by atoms with Crippen LogP contribution in [0.1, 0.15) is 48.9 Å². The quantitative estimate of drug-likeness (QED) is 0.313. The summed E-state index contributed by atoms with van der Waals surface area (Å²) in [5.74, 6) is -1.40. The number of benzene rings is 2. The first kappa shape index (κ1) is 20.2. The van der Waals surface area contributed by atoms with E-state index >= 15 is 0 Å². The first-order valence-corrected chi connectivity index (χ1v) is 9.93. The third-order valence-corrected chi connectivity index (χ3v) is 5.36. The molecule has 1 atom stereocenters. The molecule has 2 aromatic carbocycles. The van der Waals surface area contributed by atoms with Gasteiger partial charge in [-0.2, -0.15) is 0 Å². The zero-order valence-electron chi connectivity index (χ0n) is 16.1. The van der Waals surface area contributed by atoms with Crippen molar-refractivity contribution in [3.63, 3.8) is 0 Å². The number of aliphatic hydroxyl groups excluding tert-OH is 1. The van der Waals surface area contributed by atoms with Gasteiger partial charge in [0, 0.05) is 17.1 Å². The number of rotatable bonds is 6. The lowest BCUT2D eigenvalue weighted by Gasteiger charge is -2.26. The van der Waals surface area contributed by atoms with Crippen LogP contribution in [-0.4, -0.2) is 28.2 Å². The lowest BCUT2D eigenvalue weighted by Crippen LogP contribution is -2.31. The summed E-state index contributed by atoms with van der Waals surface area (Å²) in [6.07, 6.45) is 2.79. The highest BCUT2D eigenvalue weighted by Gasteiger charge is 2.46. The van der Waals surface area contributed by atoms with Gasteiger partial charge in [-0.1, -0.05) is 67.8 Å². The van der Waals surface area contributed by atoms with Crippen molar-refractivity contribution in [2.24, 2.45) is 0 Å². The Bertz CT molecular complexity index is 935. The fraction of sp³-hybridized carbons (Fsp3) is 0.304. The van der Waals surface area contributed by atoms with E-state index in [0.29, 0.717) is 17.1 Å². The second kappa shape index (κ2) is 8.61. The van der Waals surface area contributed by atoms with E-state index in [1.165, 1.54) is 0 Å². The molecule has 1 aliphatic heterocycles. The maximum atomic E-state index is 12.9. The van der Waals surface area contributed by atoms with Gasteiger partial charge in [-0.15, -0.1) is 0 Å². The molecule has 4 nitrogen and oxygen atoms in total. The zero-order valence-corrected chi connectivity index (χ0v) is 16.9. The van der Waals surface area contributed by atoms with Crippen molar-refractivity contribution in [1.82, 2.24) is 4.90 Å². The number of nitrogens with zero attached hydrogens (tertiary/aromatic N) is 1. The molecule has 1 heterocycles. The number of aliphatic hydroxyl groups is 1. The zero-order chi connectivity index (χ0) is 20.3. The van der Waals surface area contributed by atoms with Crippen LogP contribution < -0.4 is 0 Å². The summed E-state index contributed by atoms with van der Waals surface area (Å²) in [6, 6.07) is 13.7. The van der Waals surface area contributed by atoms with E-state index in [1.54, 1.807) is 29.2 Å². The molecule has 0 aliphatic carbocycles.